The highest BCUT2D eigenvalue weighted by Gasteiger charge is 2.34. The van der Waals surface area contributed by atoms with Crippen LogP contribution in [0.1, 0.15) is 18.5 Å². The predicted octanol–water partition coefficient (Wildman–Crippen LogP) is 1.11. The van der Waals surface area contributed by atoms with Crippen LogP contribution >= 0.6 is 0 Å². The van der Waals surface area contributed by atoms with Crippen molar-refractivity contribution >= 4 is 12.0 Å². The molecule has 0 spiro atoms. The Morgan fingerprint density at radius 1 is 1.18 bits per heavy atom. The lowest BCUT2D eigenvalue weighted by atomic mass is 9.94. The van der Waals surface area contributed by atoms with Gasteiger partial charge in [0.1, 0.15) is 5.75 Å². The van der Waals surface area contributed by atoms with Crippen LogP contribution in [0.5, 0.6) is 5.75 Å². The van der Waals surface area contributed by atoms with E-state index in [0.29, 0.717) is 23.6 Å². The quantitative estimate of drug-likeness (QED) is 0.711. The second-order valence-electron chi connectivity index (χ2n) is 7.00. The average molecular weight is 388 g/mol. The Balaban J connectivity index is 1.93. The van der Waals surface area contributed by atoms with Crippen molar-refractivity contribution in [1.29, 1.82) is 0 Å². The van der Waals surface area contributed by atoms with Crippen LogP contribution in [0.15, 0.2) is 35.5 Å². The standard InChI is InChI=1S/C20H28N4O4/c1-4-28-19(25)17-16(13-24-11-9-23(2)10-12-24)21-20(26)22-18(17)14-5-7-15(27-3)8-6-14/h5-8,18H,4,9-13H2,1-3H3,(H2,21,22,26)/t18-/m0/s1. The van der Waals surface area contributed by atoms with Gasteiger partial charge in [-0.05, 0) is 31.7 Å². The zero-order valence-corrected chi connectivity index (χ0v) is 16.7. The molecule has 2 heterocycles. The van der Waals surface area contributed by atoms with Gasteiger partial charge in [-0.25, -0.2) is 9.59 Å². The summed E-state index contributed by atoms with van der Waals surface area (Å²) in [7, 11) is 3.69. The Morgan fingerprint density at radius 3 is 2.46 bits per heavy atom. The van der Waals surface area contributed by atoms with E-state index in [9.17, 15) is 9.59 Å². The molecule has 2 N–H and O–H groups in total. The van der Waals surface area contributed by atoms with Gasteiger partial charge in [-0.1, -0.05) is 12.1 Å². The zero-order chi connectivity index (χ0) is 20.1. The second-order valence-corrected chi connectivity index (χ2v) is 7.00. The van der Waals surface area contributed by atoms with Crippen molar-refractivity contribution in [3.05, 3.63) is 41.1 Å². The van der Waals surface area contributed by atoms with E-state index in [1.807, 2.05) is 24.3 Å². The second kappa shape index (κ2) is 9.07. The van der Waals surface area contributed by atoms with E-state index in [1.54, 1.807) is 14.0 Å². The van der Waals surface area contributed by atoms with Crippen molar-refractivity contribution in [2.24, 2.45) is 0 Å². The Kier molecular flexibility index (Phi) is 6.53. The number of amides is 2. The van der Waals surface area contributed by atoms with Gasteiger partial charge in [0.25, 0.3) is 0 Å². The molecule has 0 saturated carbocycles. The molecule has 0 aliphatic carbocycles. The lowest BCUT2D eigenvalue weighted by molar-refractivity contribution is -0.139. The molecule has 152 valence electrons. The molecule has 8 nitrogen and oxygen atoms in total. The van der Waals surface area contributed by atoms with E-state index < -0.39 is 12.0 Å². The number of esters is 1. The number of methoxy groups -OCH3 is 1. The Morgan fingerprint density at radius 2 is 1.86 bits per heavy atom. The molecule has 8 heteroatoms. The maximum atomic E-state index is 12.8. The highest BCUT2D eigenvalue weighted by molar-refractivity contribution is 5.95. The van der Waals surface area contributed by atoms with Gasteiger partial charge >= 0.3 is 12.0 Å². The summed E-state index contributed by atoms with van der Waals surface area (Å²) in [6, 6.07) is 6.43. The number of nitrogens with zero attached hydrogens (tertiary/aromatic N) is 2. The summed E-state index contributed by atoms with van der Waals surface area (Å²) in [6.45, 7) is 6.22. The third-order valence-electron chi connectivity index (χ3n) is 5.08. The summed E-state index contributed by atoms with van der Waals surface area (Å²) in [6.07, 6.45) is 0. The number of rotatable bonds is 6. The number of nitrogens with one attached hydrogen (secondary N) is 2. The van der Waals surface area contributed by atoms with Crippen LogP contribution in [-0.4, -0.2) is 75.3 Å². The first-order valence-corrected chi connectivity index (χ1v) is 9.54. The maximum absolute atomic E-state index is 12.8. The molecule has 1 atom stereocenters. The maximum Gasteiger partial charge on any atom is 0.338 e. The summed E-state index contributed by atoms with van der Waals surface area (Å²) >= 11 is 0. The number of piperazine rings is 1. The SMILES string of the molecule is CCOC(=O)C1=C(CN2CCN(C)CC2)NC(=O)N[C@H]1c1ccc(OC)cc1. The van der Waals surface area contributed by atoms with Gasteiger partial charge < -0.3 is 25.0 Å². The number of hydrogen-bond acceptors (Lipinski definition) is 6. The first-order chi connectivity index (χ1) is 13.5. The van der Waals surface area contributed by atoms with Gasteiger partial charge in [0.15, 0.2) is 0 Å². The van der Waals surface area contributed by atoms with Crippen LogP contribution in [0.2, 0.25) is 0 Å². The zero-order valence-electron chi connectivity index (χ0n) is 16.7. The van der Waals surface area contributed by atoms with Crippen molar-refractivity contribution < 1.29 is 19.1 Å². The van der Waals surface area contributed by atoms with Crippen LogP contribution in [0.25, 0.3) is 0 Å². The molecule has 1 aromatic carbocycles. The summed E-state index contributed by atoms with van der Waals surface area (Å²) in [5, 5.41) is 5.69. The molecule has 3 rings (SSSR count). The average Bonchev–Trinajstić information content (AvgIpc) is 2.69. The van der Waals surface area contributed by atoms with Gasteiger partial charge in [0.2, 0.25) is 0 Å². The lowest BCUT2D eigenvalue weighted by Crippen LogP contribution is -2.51. The number of ether oxygens (including phenoxy) is 2. The Bertz CT molecular complexity index is 739. The predicted molar refractivity (Wildman–Crippen MR) is 105 cm³/mol. The first kappa shape index (κ1) is 20.2. The van der Waals surface area contributed by atoms with Gasteiger partial charge in [-0.3, -0.25) is 4.90 Å². The molecule has 2 aliphatic rings. The van der Waals surface area contributed by atoms with Crippen molar-refractivity contribution in [3.63, 3.8) is 0 Å². The smallest absolute Gasteiger partial charge is 0.338 e. The summed E-state index contributed by atoms with van der Waals surface area (Å²) < 4.78 is 10.5. The van der Waals surface area contributed by atoms with Crippen LogP contribution in [0.3, 0.4) is 0 Å². The fraction of sp³-hybridized carbons (Fsp3) is 0.500. The fourth-order valence-electron chi connectivity index (χ4n) is 3.47. The van der Waals surface area contributed by atoms with Crippen LogP contribution in [-0.2, 0) is 9.53 Å². The third kappa shape index (κ3) is 4.63. The molecule has 1 fully saturated rings. The highest BCUT2D eigenvalue weighted by Crippen LogP contribution is 2.29. The molecule has 1 aromatic rings. The highest BCUT2D eigenvalue weighted by atomic mass is 16.5. The number of carbonyl (C=O) groups excluding carboxylic acids is 2. The largest absolute Gasteiger partial charge is 0.497 e. The van der Waals surface area contributed by atoms with Crippen molar-refractivity contribution in [2.75, 3.05) is 53.5 Å². The van der Waals surface area contributed by atoms with Crippen LogP contribution < -0.4 is 15.4 Å². The minimum absolute atomic E-state index is 0.271. The topological polar surface area (TPSA) is 83.1 Å². The molecular weight excluding hydrogens is 360 g/mol. The van der Waals surface area contributed by atoms with Gasteiger partial charge in [0.05, 0.1) is 25.3 Å². The van der Waals surface area contributed by atoms with Crippen LogP contribution in [0.4, 0.5) is 4.79 Å². The summed E-state index contributed by atoms with van der Waals surface area (Å²) in [5.74, 6) is 0.295. The molecule has 2 amide bonds. The monoisotopic (exact) mass is 388 g/mol. The number of hydrogen-bond donors (Lipinski definition) is 2. The van der Waals surface area contributed by atoms with E-state index in [4.69, 9.17) is 9.47 Å². The lowest BCUT2D eigenvalue weighted by Gasteiger charge is -2.35. The molecule has 0 unspecified atom stereocenters. The Labute approximate surface area is 165 Å². The van der Waals surface area contributed by atoms with E-state index in [1.165, 1.54) is 0 Å². The molecular formula is C20H28N4O4. The number of carbonyl (C=O) groups is 2. The molecule has 28 heavy (non-hydrogen) atoms. The van der Waals surface area contributed by atoms with E-state index in [2.05, 4.69) is 27.5 Å². The molecule has 2 aliphatic heterocycles. The van der Waals surface area contributed by atoms with Crippen molar-refractivity contribution in [1.82, 2.24) is 20.4 Å². The van der Waals surface area contributed by atoms with Crippen LogP contribution in [0, 0.1) is 0 Å². The normalized spacial score (nSPS) is 21.1. The number of urea groups is 1. The third-order valence-corrected chi connectivity index (χ3v) is 5.08. The Hall–Kier alpha value is -2.58. The van der Waals surface area contributed by atoms with Crippen molar-refractivity contribution in [3.8, 4) is 5.75 Å². The number of benzene rings is 1. The van der Waals surface area contributed by atoms with Gasteiger partial charge in [-0.2, -0.15) is 0 Å². The minimum atomic E-state index is -0.568. The van der Waals surface area contributed by atoms with E-state index in [0.717, 1.165) is 31.7 Å². The van der Waals surface area contributed by atoms with Gasteiger partial charge in [0, 0.05) is 38.4 Å². The van der Waals surface area contributed by atoms with E-state index in [-0.39, 0.29) is 12.6 Å². The van der Waals surface area contributed by atoms with E-state index >= 15 is 0 Å². The molecule has 1 saturated heterocycles. The summed E-state index contributed by atoms with van der Waals surface area (Å²) in [5.41, 5.74) is 1.85. The number of likely N-dealkylation sites (N-methyl/N-ethyl adjacent to an activating group) is 1. The molecule has 0 aromatic heterocycles. The first-order valence-electron chi connectivity index (χ1n) is 9.54. The van der Waals surface area contributed by atoms with Gasteiger partial charge in [-0.15, -0.1) is 0 Å². The fourth-order valence-corrected chi connectivity index (χ4v) is 3.47. The van der Waals surface area contributed by atoms with Crippen molar-refractivity contribution in [2.45, 2.75) is 13.0 Å². The molecule has 0 bridgehead atoms. The minimum Gasteiger partial charge on any atom is -0.497 e. The molecule has 0 radical (unpaired) electrons. The summed E-state index contributed by atoms with van der Waals surface area (Å²) in [4.78, 5) is 29.6.